The highest BCUT2D eigenvalue weighted by atomic mass is 16.5. The molecule has 0 amide bonds. The second-order valence-electron chi connectivity index (χ2n) is 4.74. The van der Waals surface area contributed by atoms with Crippen LogP contribution in [-0.4, -0.2) is 26.3 Å². The number of hydrogen-bond donors (Lipinski definition) is 2. The number of hydrogen-bond acceptors (Lipinski definition) is 4. The van der Waals surface area contributed by atoms with Crippen LogP contribution in [-0.2, 0) is 0 Å². The normalized spacial score (nSPS) is 16.5. The Morgan fingerprint density at radius 2 is 1.82 bits per heavy atom. The van der Waals surface area contributed by atoms with Gasteiger partial charge in [0.2, 0.25) is 0 Å². The predicted molar refractivity (Wildman–Crippen MR) is 68.9 cm³/mol. The van der Waals surface area contributed by atoms with Gasteiger partial charge in [0.25, 0.3) is 0 Å². The van der Waals surface area contributed by atoms with Crippen LogP contribution >= 0.6 is 0 Å². The van der Waals surface area contributed by atoms with Gasteiger partial charge in [0.05, 0.1) is 14.2 Å². The quantitative estimate of drug-likeness (QED) is 0.820. The molecule has 1 aliphatic carbocycles. The van der Waals surface area contributed by atoms with Crippen molar-refractivity contribution in [3.8, 4) is 11.5 Å². The highest BCUT2D eigenvalue weighted by Crippen LogP contribution is 2.35. The van der Waals surface area contributed by atoms with Crippen molar-refractivity contribution in [2.45, 2.75) is 25.3 Å². The van der Waals surface area contributed by atoms with Crippen molar-refractivity contribution in [2.75, 3.05) is 26.1 Å². The lowest BCUT2D eigenvalue weighted by molar-refractivity contribution is 0.355. The molecule has 0 bridgehead atoms. The Morgan fingerprint density at radius 3 is 2.35 bits per heavy atom. The van der Waals surface area contributed by atoms with E-state index in [0.717, 1.165) is 42.1 Å². The van der Waals surface area contributed by atoms with Crippen LogP contribution in [0.2, 0.25) is 0 Å². The average molecular weight is 236 g/mol. The number of ether oxygens (including phenoxy) is 2. The summed E-state index contributed by atoms with van der Waals surface area (Å²) in [6, 6.07) is 3.93. The van der Waals surface area contributed by atoms with Gasteiger partial charge in [0.1, 0.15) is 0 Å². The fourth-order valence-electron chi connectivity index (χ4n) is 1.78. The van der Waals surface area contributed by atoms with Crippen LogP contribution in [0.1, 0.15) is 18.4 Å². The van der Waals surface area contributed by atoms with Crippen molar-refractivity contribution in [1.82, 2.24) is 0 Å². The van der Waals surface area contributed by atoms with E-state index in [1.165, 1.54) is 0 Å². The van der Waals surface area contributed by atoms with Crippen molar-refractivity contribution in [3.05, 3.63) is 17.7 Å². The number of nitrogens with two attached hydrogens (primary N) is 1. The molecule has 1 fully saturated rings. The van der Waals surface area contributed by atoms with E-state index in [1.807, 2.05) is 19.1 Å². The van der Waals surface area contributed by atoms with Crippen LogP contribution in [0.5, 0.6) is 11.5 Å². The molecule has 0 saturated heterocycles. The van der Waals surface area contributed by atoms with Crippen molar-refractivity contribution in [1.29, 1.82) is 0 Å². The SMILES string of the molecule is COc1cc(C)c(NCC2(N)CC2)cc1OC. The van der Waals surface area contributed by atoms with Crippen LogP contribution in [0, 0.1) is 6.92 Å². The van der Waals surface area contributed by atoms with Gasteiger partial charge in [-0.3, -0.25) is 0 Å². The van der Waals surface area contributed by atoms with Gasteiger partial charge in [-0.25, -0.2) is 0 Å². The molecule has 1 aromatic rings. The standard InChI is InChI=1S/C13H20N2O2/c1-9-6-11(16-2)12(17-3)7-10(9)15-8-13(14)4-5-13/h6-7,15H,4-5,8,14H2,1-3H3. The molecule has 0 aliphatic heterocycles. The molecule has 3 N–H and O–H groups in total. The molecule has 17 heavy (non-hydrogen) atoms. The fraction of sp³-hybridized carbons (Fsp3) is 0.538. The Balaban J connectivity index is 2.15. The summed E-state index contributed by atoms with van der Waals surface area (Å²) in [5, 5.41) is 3.38. The fourth-order valence-corrected chi connectivity index (χ4v) is 1.78. The van der Waals surface area contributed by atoms with Gasteiger partial charge in [0.15, 0.2) is 11.5 Å². The number of aryl methyl sites for hydroxylation is 1. The molecule has 94 valence electrons. The number of nitrogens with one attached hydrogen (secondary N) is 1. The number of rotatable bonds is 5. The number of anilines is 1. The third kappa shape index (κ3) is 2.64. The van der Waals surface area contributed by atoms with E-state index in [0.29, 0.717) is 0 Å². The van der Waals surface area contributed by atoms with Crippen LogP contribution in [0.4, 0.5) is 5.69 Å². The number of benzene rings is 1. The first kappa shape index (κ1) is 12.0. The Kier molecular flexibility index (Phi) is 3.15. The molecule has 0 spiro atoms. The zero-order valence-corrected chi connectivity index (χ0v) is 10.7. The monoisotopic (exact) mass is 236 g/mol. The zero-order valence-electron chi connectivity index (χ0n) is 10.7. The van der Waals surface area contributed by atoms with Crippen molar-refractivity contribution in [2.24, 2.45) is 5.73 Å². The molecular weight excluding hydrogens is 216 g/mol. The summed E-state index contributed by atoms with van der Waals surface area (Å²) in [6.07, 6.45) is 2.21. The maximum Gasteiger partial charge on any atom is 0.162 e. The summed E-state index contributed by atoms with van der Waals surface area (Å²) in [5.41, 5.74) is 8.24. The molecule has 0 unspecified atom stereocenters. The summed E-state index contributed by atoms with van der Waals surface area (Å²) < 4.78 is 10.5. The minimum atomic E-state index is -0.000394. The van der Waals surface area contributed by atoms with E-state index in [9.17, 15) is 0 Å². The Labute approximate surface area is 102 Å². The minimum absolute atomic E-state index is 0.000394. The number of methoxy groups -OCH3 is 2. The van der Waals surface area contributed by atoms with Crippen LogP contribution in [0.3, 0.4) is 0 Å². The lowest BCUT2D eigenvalue weighted by Gasteiger charge is -2.16. The molecule has 0 atom stereocenters. The minimum Gasteiger partial charge on any atom is -0.493 e. The summed E-state index contributed by atoms with van der Waals surface area (Å²) in [7, 11) is 3.28. The molecule has 2 rings (SSSR count). The Morgan fingerprint density at radius 1 is 1.24 bits per heavy atom. The van der Waals surface area contributed by atoms with Gasteiger partial charge in [-0.1, -0.05) is 0 Å². The van der Waals surface area contributed by atoms with Gasteiger partial charge in [-0.05, 0) is 31.4 Å². The first-order chi connectivity index (χ1) is 8.08. The van der Waals surface area contributed by atoms with Gasteiger partial charge in [-0.15, -0.1) is 0 Å². The molecule has 0 radical (unpaired) electrons. The highest BCUT2D eigenvalue weighted by molar-refractivity contribution is 5.60. The summed E-state index contributed by atoms with van der Waals surface area (Å²) in [5.74, 6) is 1.49. The molecule has 1 saturated carbocycles. The molecule has 1 aliphatic rings. The molecule has 1 aromatic carbocycles. The van der Waals surface area contributed by atoms with E-state index in [1.54, 1.807) is 14.2 Å². The third-order valence-electron chi connectivity index (χ3n) is 3.25. The second kappa shape index (κ2) is 4.45. The third-order valence-corrected chi connectivity index (χ3v) is 3.25. The van der Waals surface area contributed by atoms with E-state index >= 15 is 0 Å². The summed E-state index contributed by atoms with van der Waals surface area (Å²) in [4.78, 5) is 0. The maximum atomic E-state index is 6.05. The van der Waals surface area contributed by atoms with Crippen molar-refractivity contribution < 1.29 is 9.47 Å². The molecular formula is C13H20N2O2. The molecule has 0 heterocycles. The second-order valence-corrected chi connectivity index (χ2v) is 4.74. The Bertz CT molecular complexity index is 414. The molecule has 4 heteroatoms. The zero-order chi connectivity index (χ0) is 12.5. The first-order valence-corrected chi connectivity index (χ1v) is 5.83. The van der Waals surface area contributed by atoms with E-state index in [2.05, 4.69) is 5.32 Å². The van der Waals surface area contributed by atoms with Gasteiger partial charge in [0, 0.05) is 23.8 Å². The van der Waals surface area contributed by atoms with Gasteiger partial charge >= 0.3 is 0 Å². The first-order valence-electron chi connectivity index (χ1n) is 5.83. The highest BCUT2D eigenvalue weighted by Gasteiger charge is 2.37. The van der Waals surface area contributed by atoms with Gasteiger partial charge in [-0.2, -0.15) is 0 Å². The molecule has 0 aromatic heterocycles. The maximum absolute atomic E-state index is 6.05. The van der Waals surface area contributed by atoms with E-state index in [-0.39, 0.29) is 5.54 Å². The summed E-state index contributed by atoms with van der Waals surface area (Å²) >= 11 is 0. The Hall–Kier alpha value is -1.42. The predicted octanol–water partition coefficient (Wildman–Crippen LogP) is 1.92. The topological polar surface area (TPSA) is 56.5 Å². The lowest BCUT2D eigenvalue weighted by Crippen LogP contribution is -2.31. The largest absolute Gasteiger partial charge is 0.493 e. The van der Waals surface area contributed by atoms with Crippen LogP contribution < -0.4 is 20.5 Å². The van der Waals surface area contributed by atoms with Crippen LogP contribution in [0.25, 0.3) is 0 Å². The van der Waals surface area contributed by atoms with Crippen LogP contribution in [0.15, 0.2) is 12.1 Å². The van der Waals surface area contributed by atoms with Crippen molar-refractivity contribution >= 4 is 5.69 Å². The summed E-state index contributed by atoms with van der Waals surface area (Å²) in [6.45, 7) is 2.85. The smallest absolute Gasteiger partial charge is 0.162 e. The van der Waals surface area contributed by atoms with Crippen molar-refractivity contribution in [3.63, 3.8) is 0 Å². The lowest BCUT2D eigenvalue weighted by atomic mass is 10.1. The molecule has 4 nitrogen and oxygen atoms in total. The van der Waals surface area contributed by atoms with E-state index < -0.39 is 0 Å². The van der Waals surface area contributed by atoms with Gasteiger partial charge < -0.3 is 20.5 Å². The van der Waals surface area contributed by atoms with E-state index in [4.69, 9.17) is 15.2 Å². The average Bonchev–Trinajstić information content (AvgIpc) is 3.05.